The molecule has 0 saturated carbocycles. The minimum atomic E-state index is -0.818. The number of benzene rings is 2. The molecule has 3 rings (SSSR count). The van der Waals surface area contributed by atoms with Crippen molar-refractivity contribution in [2.24, 2.45) is 0 Å². The Morgan fingerprint density at radius 2 is 1.84 bits per heavy atom. The molecule has 0 atom stereocenters. The Hall–Kier alpha value is -2.51. The van der Waals surface area contributed by atoms with Crippen LogP contribution >= 0.6 is 11.6 Å². The molecule has 0 unspecified atom stereocenters. The van der Waals surface area contributed by atoms with Gasteiger partial charge in [0.05, 0.1) is 16.7 Å². The molecule has 0 aliphatic carbocycles. The summed E-state index contributed by atoms with van der Waals surface area (Å²) in [5.41, 5.74) is 2.51. The topological polar surface area (TPSA) is 45.0 Å². The van der Waals surface area contributed by atoms with Crippen LogP contribution in [0.15, 0.2) is 42.0 Å². The predicted octanol–water partition coefficient (Wildman–Crippen LogP) is 5.65. The van der Waals surface area contributed by atoms with E-state index in [4.69, 9.17) is 16.3 Å². The standard InChI is InChI=1S/C19H16ClFN2O.CH4/c1-19(2)14(10-22)17(11-4-6-12(21)7-5-11)18-15(20)8-13(23-3)9-16(18)24-19;/h4-9,23H,1-3H3;1H4. The Bertz CT molecular complexity index is 880. The van der Waals surface area contributed by atoms with Crippen molar-refractivity contribution in [3.8, 4) is 11.8 Å². The minimum absolute atomic E-state index is 0. The Morgan fingerprint density at radius 3 is 2.40 bits per heavy atom. The maximum Gasteiger partial charge on any atom is 0.139 e. The van der Waals surface area contributed by atoms with Crippen LogP contribution in [0.1, 0.15) is 32.4 Å². The summed E-state index contributed by atoms with van der Waals surface area (Å²) in [7, 11) is 1.80. The second-order valence-electron chi connectivity index (χ2n) is 6.06. The van der Waals surface area contributed by atoms with Crippen molar-refractivity contribution in [3.05, 3.63) is 63.9 Å². The lowest BCUT2D eigenvalue weighted by Crippen LogP contribution is -2.34. The van der Waals surface area contributed by atoms with E-state index in [9.17, 15) is 9.65 Å². The fraction of sp³-hybridized carbons (Fsp3) is 0.250. The summed E-state index contributed by atoms with van der Waals surface area (Å²) in [6, 6.07) is 11.9. The van der Waals surface area contributed by atoms with Gasteiger partial charge in [-0.15, -0.1) is 0 Å². The highest BCUT2D eigenvalue weighted by atomic mass is 35.5. The summed E-state index contributed by atoms with van der Waals surface area (Å²) in [6.07, 6.45) is 0. The van der Waals surface area contributed by atoms with Gasteiger partial charge in [-0.25, -0.2) is 4.39 Å². The Labute approximate surface area is 152 Å². The number of nitriles is 1. The molecule has 0 spiro atoms. The van der Waals surface area contributed by atoms with E-state index < -0.39 is 5.60 Å². The summed E-state index contributed by atoms with van der Waals surface area (Å²) in [5.74, 6) is 0.260. The van der Waals surface area contributed by atoms with Gasteiger partial charge in [0, 0.05) is 29.9 Å². The van der Waals surface area contributed by atoms with E-state index in [1.165, 1.54) is 12.1 Å². The molecule has 0 saturated heterocycles. The number of hydrogen-bond donors (Lipinski definition) is 1. The van der Waals surface area contributed by atoms with Gasteiger partial charge < -0.3 is 10.1 Å². The summed E-state index contributed by atoms with van der Waals surface area (Å²) < 4.78 is 19.4. The van der Waals surface area contributed by atoms with Crippen molar-refractivity contribution >= 4 is 22.9 Å². The first kappa shape index (κ1) is 18.8. The number of nitrogens with zero attached hydrogens (tertiary/aromatic N) is 1. The molecule has 2 aromatic carbocycles. The van der Waals surface area contributed by atoms with Gasteiger partial charge in [0.1, 0.15) is 17.2 Å². The van der Waals surface area contributed by atoms with Gasteiger partial charge in [-0.3, -0.25) is 0 Å². The zero-order valence-electron chi connectivity index (χ0n) is 13.6. The zero-order valence-corrected chi connectivity index (χ0v) is 14.3. The molecule has 1 heterocycles. The molecule has 3 nitrogen and oxygen atoms in total. The van der Waals surface area contributed by atoms with Crippen LogP contribution in [-0.2, 0) is 0 Å². The number of hydrogen-bond acceptors (Lipinski definition) is 3. The number of rotatable bonds is 2. The predicted molar refractivity (Wildman–Crippen MR) is 100 cm³/mol. The van der Waals surface area contributed by atoms with Crippen LogP contribution in [0.2, 0.25) is 5.02 Å². The molecule has 0 bridgehead atoms. The van der Waals surface area contributed by atoms with Crippen LogP contribution < -0.4 is 10.1 Å². The molecule has 0 fully saturated rings. The molecular weight excluding hydrogens is 339 g/mol. The molecule has 5 heteroatoms. The molecule has 130 valence electrons. The summed E-state index contributed by atoms with van der Waals surface area (Å²) in [5, 5.41) is 13.2. The summed E-state index contributed by atoms with van der Waals surface area (Å²) in [4.78, 5) is 0. The van der Waals surface area contributed by atoms with Gasteiger partial charge in [-0.05, 0) is 37.6 Å². The third-order valence-corrected chi connectivity index (χ3v) is 4.35. The van der Waals surface area contributed by atoms with Crippen molar-refractivity contribution < 1.29 is 9.13 Å². The van der Waals surface area contributed by atoms with Crippen LogP contribution in [0, 0.1) is 17.1 Å². The average Bonchev–Trinajstić information content (AvgIpc) is 2.53. The lowest BCUT2D eigenvalue weighted by molar-refractivity contribution is 0.150. The van der Waals surface area contributed by atoms with E-state index in [2.05, 4.69) is 11.4 Å². The smallest absolute Gasteiger partial charge is 0.139 e. The van der Waals surface area contributed by atoms with Gasteiger partial charge in [-0.1, -0.05) is 31.2 Å². The Balaban J connectivity index is 0.00000225. The second kappa shape index (κ2) is 6.78. The number of halogens is 2. The third-order valence-electron chi connectivity index (χ3n) is 4.05. The molecule has 0 amide bonds. The van der Waals surface area contributed by atoms with Crippen molar-refractivity contribution in [1.29, 1.82) is 5.26 Å². The first-order valence-electron chi connectivity index (χ1n) is 7.49. The highest BCUT2D eigenvalue weighted by Crippen LogP contribution is 2.47. The van der Waals surface area contributed by atoms with Crippen LogP contribution in [0.25, 0.3) is 5.57 Å². The second-order valence-corrected chi connectivity index (χ2v) is 6.47. The number of ether oxygens (including phenoxy) is 1. The van der Waals surface area contributed by atoms with Gasteiger partial charge in [0.25, 0.3) is 0 Å². The fourth-order valence-corrected chi connectivity index (χ4v) is 3.20. The minimum Gasteiger partial charge on any atom is -0.482 e. The maximum absolute atomic E-state index is 13.3. The molecule has 0 radical (unpaired) electrons. The number of fused-ring (bicyclic) bond motifs is 1. The Kier molecular flexibility index (Phi) is 5.10. The molecule has 25 heavy (non-hydrogen) atoms. The van der Waals surface area contributed by atoms with E-state index in [-0.39, 0.29) is 13.2 Å². The SMILES string of the molecule is C.CNc1cc(Cl)c2c(c1)OC(C)(C)C(C#N)=C2c1ccc(F)cc1. The molecule has 1 N–H and O–H groups in total. The van der Waals surface area contributed by atoms with Gasteiger partial charge in [-0.2, -0.15) is 5.26 Å². The van der Waals surface area contributed by atoms with Crippen molar-refractivity contribution in [3.63, 3.8) is 0 Å². The average molecular weight is 359 g/mol. The lowest BCUT2D eigenvalue weighted by atomic mass is 9.83. The zero-order chi connectivity index (χ0) is 17.5. The first-order valence-corrected chi connectivity index (χ1v) is 7.86. The fourth-order valence-electron chi connectivity index (χ4n) is 2.90. The summed E-state index contributed by atoms with van der Waals surface area (Å²) >= 11 is 6.48. The quantitative estimate of drug-likeness (QED) is 0.754. The van der Waals surface area contributed by atoms with Crippen LogP contribution in [-0.4, -0.2) is 12.6 Å². The molecule has 0 aromatic heterocycles. The maximum atomic E-state index is 13.3. The van der Waals surface area contributed by atoms with Crippen molar-refractivity contribution in [2.75, 3.05) is 12.4 Å². The summed E-state index contributed by atoms with van der Waals surface area (Å²) in [6.45, 7) is 3.66. The normalized spacial score (nSPS) is 14.7. The van der Waals surface area contributed by atoms with E-state index in [1.807, 2.05) is 19.9 Å². The van der Waals surface area contributed by atoms with Gasteiger partial charge >= 0.3 is 0 Å². The number of nitrogens with one attached hydrogen (secondary N) is 1. The largest absolute Gasteiger partial charge is 0.482 e. The van der Waals surface area contributed by atoms with E-state index in [0.29, 0.717) is 27.5 Å². The molecule has 2 aromatic rings. The molecule has 1 aliphatic heterocycles. The first-order chi connectivity index (χ1) is 11.4. The van der Waals surface area contributed by atoms with Crippen molar-refractivity contribution in [1.82, 2.24) is 0 Å². The highest BCUT2D eigenvalue weighted by Gasteiger charge is 2.37. The van der Waals surface area contributed by atoms with E-state index in [0.717, 1.165) is 11.3 Å². The monoisotopic (exact) mass is 358 g/mol. The molecule has 1 aliphatic rings. The Morgan fingerprint density at radius 1 is 1.20 bits per heavy atom. The van der Waals surface area contributed by atoms with Crippen LogP contribution in [0.3, 0.4) is 0 Å². The lowest BCUT2D eigenvalue weighted by Gasteiger charge is -2.35. The van der Waals surface area contributed by atoms with E-state index >= 15 is 0 Å². The van der Waals surface area contributed by atoms with Crippen LogP contribution in [0.5, 0.6) is 5.75 Å². The number of anilines is 1. The highest BCUT2D eigenvalue weighted by molar-refractivity contribution is 6.33. The van der Waals surface area contributed by atoms with Gasteiger partial charge in [0.15, 0.2) is 0 Å². The van der Waals surface area contributed by atoms with Crippen LogP contribution in [0.4, 0.5) is 10.1 Å². The molecular formula is C20H20ClFN2O. The van der Waals surface area contributed by atoms with Gasteiger partial charge in [0.2, 0.25) is 0 Å². The van der Waals surface area contributed by atoms with E-state index in [1.54, 1.807) is 25.2 Å². The van der Waals surface area contributed by atoms with Crippen molar-refractivity contribution in [2.45, 2.75) is 26.9 Å². The third kappa shape index (κ3) is 3.20.